The van der Waals surface area contributed by atoms with Gasteiger partial charge < -0.3 is 19.5 Å². The molecule has 0 atom stereocenters. The van der Waals surface area contributed by atoms with Crippen LogP contribution in [0.2, 0.25) is 0 Å². The van der Waals surface area contributed by atoms with Gasteiger partial charge >= 0.3 is 6.09 Å². The van der Waals surface area contributed by atoms with Crippen LogP contribution in [-0.4, -0.2) is 38.4 Å². The summed E-state index contributed by atoms with van der Waals surface area (Å²) in [6.45, 7) is 0.505. The van der Waals surface area contributed by atoms with Crippen molar-refractivity contribution in [1.29, 1.82) is 0 Å². The molecule has 0 bridgehead atoms. The Kier molecular flexibility index (Phi) is 8.72. The Bertz CT molecular complexity index is 865. The van der Waals surface area contributed by atoms with Crippen molar-refractivity contribution in [2.75, 3.05) is 31.0 Å². The molecule has 7 nitrogen and oxygen atoms in total. The summed E-state index contributed by atoms with van der Waals surface area (Å²) in [4.78, 5) is 24.1. The van der Waals surface area contributed by atoms with E-state index in [1.54, 1.807) is 24.3 Å². The number of hydrogen-bond acceptors (Lipinski definition) is 5. The Morgan fingerprint density at radius 2 is 1.71 bits per heavy atom. The number of nitrogens with one attached hydrogen (secondary N) is 2. The molecule has 2 aromatic rings. The third-order valence-electron chi connectivity index (χ3n) is 5.06. The fourth-order valence-electron chi connectivity index (χ4n) is 3.50. The number of benzene rings is 2. The number of amides is 2. The van der Waals surface area contributed by atoms with Gasteiger partial charge in [-0.15, -0.1) is 0 Å². The van der Waals surface area contributed by atoms with E-state index in [-0.39, 0.29) is 12.5 Å². The standard InChI is InChI=1S/C24H30N2O5/c1-29-14-15-30-24(28)26-20-8-5-7-19(17-20)25-23(27)13-12-18-6-4-11-22(16-18)31-21-9-2-3-10-21/h4-8,11,16-17,21H,2-3,9-10,12-15H2,1H3,(H,25,27)(H,26,28). The predicted molar refractivity (Wildman–Crippen MR) is 120 cm³/mol. The monoisotopic (exact) mass is 426 g/mol. The van der Waals surface area contributed by atoms with Gasteiger partial charge in [-0.3, -0.25) is 10.1 Å². The number of rotatable bonds is 10. The fraction of sp³-hybridized carbons (Fsp3) is 0.417. The zero-order valence-electron chi connectivity index (χ0n) is 17.9. The highest BCUT2D eigenvalue weighted by Gasteiger charge is 2.16. The van der Waals surface area contributed by atoms with Crippen molar-refractivity contribution in [2.24, 2.45) is 0 Å². The molecule has 2 aromatic carbocycles. The molecule has 1 saturated carbocycles. The van der Waals surface area contributed by atoms with E-state index in [0.29, 0.717) is 36.9 Å². The summed E-state index contributed by atoms with van der Waals surface area (Å²) < 4.78 is 15.9. The molecule has 1 aliphatic rings. The van der Waals surface area contributed by atoms with E-state index in [0.717, 1.165) is 24.2 Å². The van der Waals surface area contributed by atoms with E-state index in [2.05, 4.69) is 10.6 Å². The predicted octanol–water partition coefficient (Wildman–Crippen LogP) is 4.77. The van der Waals surface area contributed by atoms with Crippen molar-refractivity contribution < 1.29 is 23.8 Å². The van der Waals surface area contributed by atoms with Crippen LogP contribution in [0.4, 0.5) is 16.2 Å². The number of methoxy groups -OCH3 is 1. The highest BCUT2D eigenvalue weighted by atomic mass is 16.6. The van der Waals surface area contributed by atoms with Crippen LogP contribution in [0, 0.1) is 0 Å². The zero-order valence-corrected chi connectivity index (χ0v) is 17.9. The maximum absolute atomic E-state index is 12.4. The summed E-state index contributed by atoms with van der Waals surface area (Å²) in [5.74, 6) is 0.780. The quantitative estimate of drug-likeness (QED) is 0.534. The lowest BCUT2D eigenvalue weighted by molar-refractivity contribution is -0.116. The summed E-state index contributed by atoms with van der Waals surface area (Å²) >= 11 is 0. The van der Waals surface area contributed by atoms with Gasteiger partial charge in [0.1, 0.15) is 12.4 Å². The lowest BCUT2D eigenvalue weighted by Crippen LogP contribution is -2.17. The van der Waals surface area contributed by atoms with Gasteiger partial charge in [-0.1, -0.05) is 18.2 Å². The molecule has 3 rings (SSSR count). The summed E-state index contributed by atoms with van der Waals surface area (Å²) in [5, 5.41) is 5.50. The highest BCUT2D eigenvalue weighted by Crippen LogP contribution is 2.25. The van der Waals surface area contributed by atoms with Gasteiger partial charge in [-0.2, -0.15) is 0 Å². The number of hydrogen-bond donors (Lipinski definition) is 2. The van der Waals surface area contributed by atoms with E-state index in [9.17, 15) is 9.59 Å². The topological polar surface area (TPSA) is 85.9 Å². The lowest BCUT2D eigenvalue weighted by atomic mass is 10.1. The Labute approximate surface area is 183 Å². The molecular weight excluding hydrogens is 396 g/mol. The molecule has 2 amide bonds. The molecule has 0 aliphatic heterocycles. The molecular formula is C24H30N2O5. The van der Waals surface area contributed by atoms with E-state index in [1.165, 1.54) is 20.0 Å². The molecule has 31 heavy (non-hydrogen) atoms. The van der Waals surface area contributed by atoms with Crippen LogP contribution in [0.1, 0.15) is 37.7 Å². The summed E-state index contributed by atoms with van der Waals surface area (Å²) in [6, 6.07) is 14.9. The molecule has 0 aromatic heterocycles. The van der Waals surface area contributed by atoms with Crippen LogP contribution in [0.3, 0.4) is 0 Å². The van der Waals surface area contributed by atoms with E-state index >= 15 is 0 Å². The lowest BCUT2D eigenvalue weighted by Gasteiger charge is -2.14. The van der Waals surface area contributed by atoms with Crippen LogP contribution in [0.5, 0.6) is 5.75 Å². The van der Waals surface area contributed by atoms with Crippen LogP contribution >= 0.6 is 0 Å². The van der Waals surface area contributed by atoms with Gasteiger partial charge in [0.05, 0.1) is 12.7 Å². The Balaban J connectivity index is 1.46. The van der Waals surface area contributed by atoms with Crippen molar-refractivity contribution >= 4 is 23.4 Å². The second-order valence-corrected chi connectivity index (χ2v) is 7.55. The average molecular weight is 427 g/mol. The summed E-state index contributed by atoms with van der Waals surface area (Å²) in [5.41, 5.74) is 2.22. The first-order valence-corrected chi connectivity index (χ1v) is 10.7. The van der Waals surface area contributed by atoms with Crippen LogP contribution in [0.15, 0.2) is 48.5 Å². The van der Waals surface area contributed by atoms with Crippen molar-refractivity contribution in [3.8, 4) is 5.75 Å². The smallest absolute Gasteiger partial charge is 0.411 e. The molecule has 0 heterocycles. The third-order valence-corrected chi connectivity index (χ3v) is 5.06. The molecule has 2 N–H and O–H groups in total. The summed E-state index contributed by atoms with van der Waals surface area (Å²) in [6.07, 6.45) is 5.42. The van der Waals surface area contributed by atoms with Gasteiger partial charge in [-0.05, 0) is 68.0 Å². The average Bonchev–Trinajstić information content (AvgIpc) is 3.26. The minimum atomic E-state index is -0.569. The van der Waals surface area contributed by atoms with Gasteiger partial charge in [0, 0.05) is 24.9 Å². The van der Waals surface area contributed by atoms with Crippen LogP contribution in [0.25, 0.3) is 0 Å². The van der Waals surface area contributed by atoms with Crippen molar-refractivity contribution in [1.82, 2.24) is 0 Å². The minimum Gasteiger partial charge on any atom is -0.490 e. The van der Waals surface area contributed by atoms with Crippen molar-refractivity contribution in [2.45, 2.75) is 44.6 Å². The van der Waals surface area contributed by atoms with Crippen molar-refractivity contribution in [3.63, 3.8) is 0 Å². The van der Waals surface area contributed by atoms with E-state index in [1.807, 2.05) is 24.3 Å². The van der Waals surface area contributed by atoms with Gasteiger partial charge in [0.2, 0.25) is 5.91 Å². The second kappa shape index (κ2) is 12.0. The van der Waals surface area contributed by atoms with Crippen LogP contribution < -0.4 is 15.4 Å². The first-order chi connectivity index (χ1) is 15.1. The molecule has 166 valence electrons. The Hall–Kier alpha value is -3.06. The van der Waals surface area contributed by atoms with E-state index < -0.39 is 6.09 Å². The van der Waals surface area contributed by atoms with Gasteiger partial charge in [0.15, 0.2) is 0 Å². The number of carbonyl (C=O) groups excluding carboxylic acids is 2. The fourth-order valence-corrected chi connectivity index (χ4v) is 3.50. The van der Waals surface area contributed by atoms with Gasteiger partial charge in [0.25, 0.3) is 0 Å². The van der Waals surface area contributed by atoms with Crippen LogP contribution in [-0.2, 0) is 20.7 Å². The first kappa shape index (κ1) is 22.6. The molecule has 0 radical (unpaired) electrons. The normalized spacial score (nSPS) is 13.6. The number of ether oxygens (including phenoxy) is 3. The summed E-state index contributed by atoms with van der Waals surface area (Å²) in [7, 11) is 1.54. The van der Waals surface area contributed by atoms with E-state index in [4.69, 9.17) is 14.2 Å². The third kappa shape index (κ3) is 7.94. The van der Waals surface area contributed by atoms with Gasteiger partial charge in [-0.25, -0.2) is 4.79 Å². The first-order valence-electron chi connectivity index (χ1n) is 10.7. The molecule has 7 heteroatoms. The molecule has 1 fully saturated rings. The molecule has 0 spiro atoms. The maximum Gasteiger partial charge on any atom is 0.411 e. The zero-order chi connectivity index (χ0) is 21.9. The second-order valence-electron chi connectivity index (χ2n) is 7.55. The highest BCUT2D eigenvalue weighted by molar-refractivity contribution is 5.92. The molecule has 0 unspecified atom stereocenters. The Morgan fingerprint density at radius 1 is 0.968 bits per heavy atom. The Morgan fingerprint density at radius 3 is 2.48 bits per heavy atom. The molecule has 0 saturated heterocycles. The minimum absolute atomic E-state index is 0.0954. The number of aryl methyl sites for hydroxylation is 1. The SMILES string of the molecule is COCCOC(=O)Nc1cccc(NC(=O)CCc2cccc(OC3CCCC3)c2)c1. The largest absolute Gasteiger partial charge is 0.490 e. The molecule has 1 aliphatic carbocycles. The number of anilines is 2. The van der Waals surface area contributed by atoms with Crippen molar-refractivity contribution in [3.05, 3.63) is 54.1 Å². The maximum atomic E-state index is 12.4. The number of carbonyl (C=O) groups is 2.